The first-order chi connectivity index (χ1) is 11.7. The molecule has 134 valence electrons. The van der Waals surface area contributed by atoms with Crippen LogP contribution in [0.15, 0.2) is 24.3 Å². The molecule has 3 rings (SSSR count). The van der Waals surface area contributed by atoms with Gasteiger partial charge in [-0.3, -0.25) is 0 Å². The Hall–Kier alpha value is -1.01. The third-order valence-corrected chi connectivity index (χ3v) is 4.65. The lowest BCUT2D eigenvalue weighted by Gasteiger charge is -2.32. The molecule has 2 heterocycles. The molecule has 0 bridgehead atoms. The summed E-state index contributed by atoms with van der Waals surface area (Å²) in [6, 6.07) is 6.27. The zero-order valence-electron chi connectivity index (χ0n) is 14.3. The van der Waals surface area contributed by atoms with Gasteiger partial charge in [0, 0.05) is 17.4 Å². The second-order valence-electron chi connectivity index (χ2n) is 6.74. The van der Waals surface area contributed by atoms with Crippen LogP contribution < -0.4 is 0 Å². The minimum atomic E-state index is -0.390. The third kappa shape index (κ3) is 4.99. The van der Waals surface area contributed by atoms with Crippen LogP contribution in [-0.4, -0.2) is 32.7 Å². The number of rotatable bonds is 6. The summed E-state index contributed by atoms with van der Waals surface area (Å²) < 4.78 is 36.1. The first-order valence-electron chi connectivity index (χ1n) is 8.96. The Bertz CT molecular complexity index is 477. The van der Waals surface area contributed by atoms with E-state index in [-0.39, 0.29) is 18.4 Å². The molecule has 0 amide bonds. The van der Waals surface area contributed by atoms with Crippen LogP contribution in [0.3, 0.4) is 0 Å². The van der Waals surface area contributed by atoms with E-state index in [9.17, 15) is 4.39 Å². The number of hydrogen-bond donors (Lipinski definition) is 0. The molecule has 0 radical (unpaired) electrons. The third-order valence-electron chi connectivity index (χ3n) is 4.65. The molecule has 2 aliphatic rings. The Morgan fingerprint density at radius 2 is 1.42 bits per heavy atom. The predicted octanol–water partition coefficient (Wildman–Crippen LogP) is 4.06. The maximum absolute atomic E-state index is 13.0. The van der Waals surface area contributed by atoms with Crippen molar-refractivity contribution >= 4 is 0 Å². The van der Waals surface area contributed by atoms with Crippen molar-refractivity contribution in [2.24, 2.45) is 11.8 Å². The van der Waals surface area contributed by atoms with Crippen molar-refractivity contribution in [3.8, 4) is 0 Å². The first kappa shape index (κ1) is 17.8. The fourth-order valence-corrected chi connectivity index (χ4v) is 3.22. The van der Waals surface area contributed by atoms with Crippen molar-refractivity contribution in [3.05, 3.63) is 35.6 Å². The van der Waals surface area contributed by atoms with E-state index in [0.29, 0.717) is 25.0 Å². The largest absolute Gasteiger partial charge is 0.352 e. The molecule has 2 saturated heterocycles. The average molecular weight is 338 g/mol. The van der Waals surface area contributed by atoms with Crippen LogP contribution in [0.5, 0.6) is 0 Å². The predicted molar refractivity (Wildman–Crippen MR) is 87.9 cm³/mol. The van der Waals surface area contributed by atoms with Gasteiger partial charge in [0.15, 0.2) is 12.6 Å². The molecule has 0 spiro atoms. The lowest BCUT2D eigenvalue weighted by Crippen LogP contribution is -2.33. The second-order valence-corrected chi connectivity index (χ2v) is 6.74. The lowest BCUT2D eigenvalue weighted by atomic mass is 10.0. The van der Waals surface area contributed by atoms with Crippen molar-refractivity contribution in [3.63, 3.8) is 0 Å². The van der Waals surface area contributed by atoms with Crippen molar-refractivity contribution in [2.75, 3.05) is 26.4 Å². The number of benzene rings is 1. The molecule has 0 aliphatic carbocycles. The minimum Gasteiger partial charge on any atom is -0.352 e. The molecule has 24 heavy (non-hydrogen) atoms. The van der Waals surface area contributed by atoms with Gasteiger partial charge >= 0.3 is 0 Å². The molecule has 1 aromatic carbocycles. The molecule has 1 aromatic rings. The zero-order valence-corrected chi connectivity index (χ0v) is 14.3. The van der Waals surface area contributed by atoms with Crippen LogP contribution in [-0.2, 0) is 18.9 Å². The van der Waals surface area contributed by atoms with E-state index in [4.69, 9.17) is 18.9 Å². The van der Waals surface area contributed by atoms with Crippen molar-refractivity contribution in [1.82, 2.24) is 0 Å². The fourth-order valence-electron chi connectivity index (χ4n) is 3.22. The van der Waals surface area contributed by atoms with Gasteiger partial charge in [0.2, 0.25) is 0 Å². The summed E-state index contributed by atoms with van der Waals surface area (Å²) in [6.45, 7) is 5.10. The van der Waals surface area contributed by atoms with Gasteiger partial charge in [-0.1, -0.05) is 25.5 Å². The fraction of sp³-hybridized carbons (Fsp3) is 0.684. The van der Waals surface area contributed by atoms with E-state index in [2.05, 4.69) is 6.92 Å². The number of ether oxygens (including phenoxy) is 4. The molecule has 2 fully saturated rings. The highest BCUT2D eigenvalue weighted by molar-refractivity contribution is 5.17. The van der Waals surface area contributed by atoms with Crippen molar-refractivity contribution < 1.29 is 23.3 Å². The highest BCUT2D eigenvalue weighted by atomic mass is 19.1. The van der Waals surface area contributed by atoms with E-state index in [1.165, 1.54) is 25.0 Å². The van der Waals surface area contributed by atoms with Gasteiger partial charge < -0.3 is 18.9 Å². The van der Waals surface area contributed by atoms with Gasteiger partial charge in [-0.25, -0.2) is 4.39 Å². The smallest absolute Gasteiger partial charge is 0.183 e. The quantitative estimate of drug-likeness (QED) is 0.784. The topological polar surface area (TPSA) is 36.9 Å². The molecule has 0 N–H and O–H groups in total. The van der Waals surface area contributed by atoms with E-state index in [0.717, 1.165) is 31.6 Å². The molecule has 4 nitrogen and oxygen atoms in total. The molecular formula is C19H27FO4. The molecule has 0 atom stereocenters. The molecule has 0 aromatic heterocycles. The first-order valence-corrected chi connectivity index (χ1v) is 8.96. The van der Waals surface area contributed by atoms with Crippen LogP contribution in [0.25, 0.3) is 0 Å². The van der Waals surface area contributed by atoms with Gasteiger partial charge in [0.1, 0.15) is 5.82 Å². The minimum absolute atomic E-state index is 0.0899. The van der Waals surface area contributed by atoms with Crippen LogP contribution in [0.4, 0.5) is 4.39 Å². The Morgan fingerprint density at radius 1 is 0.833 bits per heavy atom. The van der Waals surface area contributed by atoms with Gasteiger partial charge in [-0.05, 0) is 31.4 Å². The van der Waals surface area contributed by atoms with Crippen molar-refractivity contribution in [2.45, 2.75) is 45.2 Å². The average Bonchev–Trinajstić information content (AvgIpc) is 2.63. The van der Waals surface area contributed by atoms with Crippen molar-refractivity contribution in [1.29, 1.82) is 0 Å². The van der Waals surface area contributed by atoms with E-state index >= 15 is 0 Å². The molecular weight excluding hydrogens is 311 g/mol. The summed E-state index contributed by atoms with van der Waals surface area (Å²) in [5.74, 6) is 0.646. The van der Waals surface area contributed by atoms with Crippen LogP contribution in [0, 0.1) is 17.7 Å². The highest BCUT2D eigenvalue weighted by Crippen LogP contribution is 2.28. The molecule has 0 unspecified atom stereocenters. The van der Waals surface area contributed by atoms with Gasteiger partial charge in [0.05, 0.1) is 26.4 Å². The summed E-state index contributed by atoms with van der Waals surface area (Å²) in [6.07, 6.45) is 3.69. The summed E-state index contributed by atoms with van der Waals surface area (Å²) in [7, 11) is 0. The highest BCUT2D eigenvalue weighted by Gasteiger charge is 2.26. The lowest BCUT2D eigenvalue weighted by molar-refractivity contribution is -0.220. The monoisotopic (exact) mass is 338 g/mol. The number of hydrogen-bond acceptors (Lipinski definition) is 4. The maximum Gasteiger partial charge on any atom is 0.183 e. The standard InChI is InChI=1S/C19H27FO4/c1-2-3-14-10-21-18(22-11-14)9-4-15-12-23-19(24-13-15)16-5-7-17(20)8-6-16/h5-8,14-15,18-19H,2-4,9-13H2,1H3/t14-,15-,18-,19-. The van der Waals surface area contributed by atoms with Gasteiger partial charge in [-0.2, -0.15) is 0 Å². The Kier molecular flexibility index (Phi) is 6.60. The van der Waals surface area contributed by atoms with E-state index in [1.807, 2.05) is 0 Å². The normalized spacial score (nSPS) is 31.1. The SMILES string of the molecule is CCC[C@H]1CO[C@H](CC[C@H]2CO[C@H](c3ccc(F)cc3)OC2)OC1. The Morgan fingerprint density at radius 3 is 2.04 bits per heavy atom. The van der Waals surface area contributed by atoms with E-state index in [1.54, 1.807) is 12.1 Å². The summed E-state index contributed by atoms with van der Waals surface area (Å²) in [5, 5.41) is 0. The Balaban J connectivity index is 1.35. The molecule has 5 heteroatoms. The summed E-state index contributed by atoms with van der Waals surface area (Å²) in [5.41, 5.74) is 0.857. The zero-order chi connectivity index (χ0) is 16.8. The van der Waals surface area contributed by atoms with E-state index < -0.39 is 0 Å². The van der Waals surface area contributed by atoms with Gasteiger partial charge in [-0.15, -0.1) is 0 Å². The molecule has 0 saturated carbocycles. The van der Waals surface area contributed by atoms with Crippen LogP contribution in [0.2, 0.25) is 0 Å². The van der Waals surface area contributed by atoms with Crippen LogP contribution in [0.1, 0.15) is 44.5 Å². The van der Waals surface area contributed by atoms with Crippen LogP contribution >= 0.6 is 0 Å². The van der Waals surface area contributed by atoms with Gasteiger partial charge in [0.25, 0.3) is 0 Å². The molecule has 2 aliphatic heterocycles. The summed E-state index contributed by atoms with van der Waals surface area (Å²) >= 11 is 0. The number of halogens is 1. The summed E-state index contributed by atoms with van der Waals surface area (Å²) in [4.78, 5) is 0. The Labute approximate surface area is 143 Å². The maximum atomic E-state index is 13.0. The second kappa shape index (κ2) is 8.90.